The molecule has 0 aliphatic heterocycles. The Labute approximate surface area is 171 Å². The van der Waals surface area contributed by atoms with E-state index in [4.69, 9.17) is 4.74 Å². The number of benzene rings is 2. The van der Waals surface area contributed by atoms with Crippen LogP contribution >= 0.6 is 27.7 Å². The molecule has 0 bridgehead atoms. The Hall–Kier alpha value is -2.03. The molecule has 0 unspecified atom stereocenters. The van der Waals surface area contributed by atoms with E-state index >= 15 is 0 Å². The first-order valence-corrected chi connectivity index (χ1v) is 11.2. The van der Waals surface area contributed by atoms with Crippen LogP contribution in [0.25, 0.3) is 0 Å². The predicted molar refractivity (Wildman–Crippen MR) is 112 cm³/mol. The van der Waals surface area contributed by atoms with Gasteiger partial charge in [0, 0.05) is 33.2 Å². The van der Waals surface area contributed by atoms with Crippen molar-refractivity contribution in [2.24, 2.45) is 0 Å². The summed E-state index contributed by atoms with van der Waals surface area (Å²) >= 11 is 4.96. The molecular weight excluding hydrogens is 448 g/mol. The number of halogens is 1. The average Bonchev–Trinajstić information content (AvgIpc) is 2.68. The summed E-state index contributed by atoms with van der Waals surface area (Å²) in [6, 6.07) is 16.0. The molecular formula is C19H17BrN2O3S2. The van der Waals surface area contributed by atoms with Gasteiger partial charge in [0.15, 0.2) is 0 Å². The second-order valence-electron chi connectivity index (χ2n) is 5.58. The molecule has 0 aliphatic carbocycles. The van der Waals surface area contributed by atoms with Crippen molar-refractivity contribution in [1.82, 2.24) is 4.98 Å². The van der Waals surface area contributed by atoms with Gasteiger partial charge in [0.05, 0.1) is 7.11 Å². The third-order valence-electron chi connectivity index (χ3n) is 3.65. The Morgan fingerprint density at radius 3 is 2.59 bits per heavy atom. The van der Waals surface area contributed by atoms with E-state index in [1.54, 1.807) is 42.2 Å². The summed E-state index contributed by atoms with van der Waals surface area (Å²) in [5.41, 5.74) is 1.62. The van der Waals surface area contributed by atoms with E-state index in [1.165, 1.54) is 13.2 Å². The third-order valence-corrected chi connectivity index (χ3v) is 6.63. The fourth-order valence-electron chi connectivity index (χ4n) is 2.34. The van der Waals surface area contributed by atoms with Crippen LogP contribution in [-0.4, -0.2) is 20.5 Å². The number of nitrogens with one attached hydrogen (secondary N) is 1. The van der Waals surface area contributed by atoms with E-state index in [2.05, 4.69) is 25.6 Å². The lowest BCUT2D eigenvalue weighted by molar-refractivity contribution is 0.403. The van der Waals surface area contributed by atoms with Crippen LogP contribution in [0.4, 0.5) is 5.69 Å². The lowest BCUT2D eigenvalue weighted by Gasteiger charge is -2.12. The number of methoxy groups -OCH3 is 1. The third kappa shape index (κ3) is 5.24. The molecule has 3 rings (SSSR count). The highest BCUT2D eigenvalue weighted by Crippen LogP contribution is 2.30. The minimum Gasteiger partial charge on any atom is -0.495 e. The summed E-state index contributed by atoms with van der Waals surface area (Å²) in [5.74, 6) is 1.09. The number of sulfonamides is 1. The Balaban J connectivity index is 1.71. The van der Waals surface area contributed by atoms with Gasteiger partial charge in [-0.05, 0) is 54.1 Å². The fourth-order valence-corrected chi connectivity index (χ4v) is 4.94. The van der Waals surface area contributed by atoms with Crippen LogP contribution in [-0.2, 0) is 15.8 Å². The van der Waals surface area contributed by atoms with Crippen LogP contribution in [0.15, 0.2) is 81.3 Å². The predicted octanol–water partition coefficient (Wildman–Crippen LogP) is 4.95. The van der Waals surface area contributed by atoms with Crippen LogP contribution in [0, 0.1) is 0 Å². The van der Waals surface area contributed by atoms with Gasteiger partial charge >= 0.3 is 0 Å². The van der Waals surface area contributed by atoms with Gasteiger partial charge < -0.3 is 4.74 Å². The summed E-state index contributed by atoms with van der Waals surface area (Å²) in [6.07, 6.45) is 3.58. The maximum atomic E-state index is 12.7. The number of hydrogen-bond donors (Lipinski definition) is 1. The number of rotatable bonds is 7. The monoisotopic (exact) mass is 464 g/mol. The van der Waals surface area contributed by atoms with Gasteiger partial charge in [-0.1, -0.05) is 22.0 Å². The van der Waals surface area contributed by atoms with E-state index in [0.717, 1.165) is 16.2 Å². The lowest BCUT2D eigenvalue weighted by Crippen LogP contribution is -2.14. The minimum atomic E-state index is -3.77. The zero-order chi connectivity index (χ0) is 19.3. The van der Waals surface area contributed by atoms with Crippen molar-refractivity contribution in [2.75, 3.05) is 11.8 Å². The molecule has 0 amide bonds. The summed E-state index contributed by atoms with van der Waals surface area (Å²) in [4.78, 5) is 5.22. The van der Waals surface area contributed by atoms with Gasteiger partial charge in [0.25, 0.3) is 10.0 Å². The normalized spacial score (nSPS) is 11.2. The molecule has 3 aromatic rings. The Morgan fingerprint density at radius 1 is 1.15 bits per heavy atom. The number of thioether (sulfide) groups is 1. The molecule has 0 radical (unpaired) electrons. The fraction of sp³-hybridized carbons (Fsp3) is 0.105. The number of nitrogens with zero attached hydrogens (tertiary/aromatic N) is 1. The molecule has 1 N–H and O–H groups in total. The van der Waals surface area contributed by atoms with Gasteiger partial charge in [0.2, 0.25) is 0 Å². The van der Waals surface area contributed by atoms with Crippen LogP contribution < -0.4 is 9.46 Å². The second kappa shape index (κ2) is 8.77. The van der Waals surface area contributed by atoms with Crippen molar-refractivity contribution >= 4 is 43.4 Å². The molecule has 140 valence electrons. The zero-order valence-corrected chi connectivity index (χ0v) is 17.6. The van der Waals surface area contributed by atoms with E-state index in [1.807, 2.05) is 30.5 Å². The SMILES string of the molecule is COc1ccc(Br)cc1S(=O)(=O)Nc1ccc(SCc2cccnc2)cc1. The smallest absolute Gasteiger partial charge is 0.265 e. The number of anilines is 1. The zero-order valence-electron chi connectivity index (χ0n) is 14.4. The van der Waals surface area contributed by atoms with Gasteiger partial charge in [0.1, 0.15) is 10.6 Å². The molecule has 0 fully saturated rings. The van der Waals surface area contributed by atoms with Crippen molar-refractivity contribution in [1.29, 1.82) is 0 Å². The molecule has 0 spiro atoms. The first-order chi connectivity index (χ1) is 13.0. The maximum absolute atomic E-state index is 12.7. The van der Waals surface area contributed by atoms with Gasteiger partial charge in [-0.15, -0.1) is 11.8 Å². The van der Waals surface area contributed by atoms with Gasteiger partial charge in [-0.3, -0.25) is 9.71 Å². The molecule has 0 saturated heterocycles. The van der Waals surface area contributed by atoms with Crippen molar-refractivity contribution in [2.45, 2.75) is 15.5 Å². The summed E-state index contributed by atoms with van der Waals surface area (Å²) in [5, 5.41) is 0. The highest BCUT2D eigenvalue weighted by molar-refractivity contribution is 9.10. The molecule has 2 aromatic carbocycles. The standard InChI is InChI=1S/C19H17BrN2O3S2/c1-25-18-9-4-15(20)11-19(18)27(23,24)22-16-5-7-17(8-6-16)26-13-14-3-2-10-21-12-14/h2-12,22H,13H2,1H3. The van der Waals surface area contributed by atoms with Gasteiger partial charge in [-0.2, -0.15) is 0 Å². The Morgan fingerprint density at radius 2 is 1.93 bits per heavy atom. The van der Waals surface area contributed by atoms with Crippen LogP contribution in [0.3, 0.4) is 0 Å². The van der Waals surface area contributed by atoms with Crippen LogP contribution in [0.2, 0.25) is 0 Å². The molecule has 5 nitrogen and oxygen atoms in total. The molecule has 1 heterocycles. The summed E-state index contributed by atoms with van der Waals surface area (Å²) in [7, 11) is -2.33. The van der Waals surface area contributed by atoms with E-state index in [-0.39, 0.29) is 10.6 Å². The largest absolute Gasteiger partial charge is 0.495 e. The van der Waals surface area contributed by atoms with Crippen molar-refractivity contribution in [3.05, 3.63) is 77.0 Å². The highest BCUT2D eigenvalue weighted by atomic mass is 79.9. The first-order valence-electron chi connectivity index (χ1n) is 7.96. The maximum Gasteiger partial charge on any atom is 0.265 e. The Bertz CT molecular complexity index is 1010. The molecule has 0 aliphatic rings. The van der Waals surface area contributed by atoms with Crippen molar-refractivity contribution in [3.63, 3.8) is 0 Å². The number of aromatic nitrogens is 1. The number of ether oxygens (including phenoxy) is 1. The average molecular weight is 465 g/mol. The van der Waals surface area contributed by atoms with E-state index in [0.29, 0.717) is 10.2 Å². The molecule has 8 heteroatoms. The first kappa shape index (κ1) is 19.7. The molecule has 0 atom stereocenters. The number of pyridine rings is 1. The second-order valence-corrected chi connectivity index (χ2v) is 9.19. The van der Waals surface area contributed by atoms with Crippen molar-refractivity contribution in [3.8, 4) is 5.75 Å². The summed E-state index contributed by atoms with van der Waals surface area (Å²) in [6.45, 7) is 0. The minimum absolute atomic E-state index is 0.0782. The van der Waals surface area contributed by atoms with Gasteiger partial charge in [-0.25, -0.2) is 8.42 Å². The molecule has 0 saturated carbocycles. The van der Waals surface area contributed by atoms with Crippen LogP contribution in [0.5, 0.6) is 5.75 Å². The Kier molecular flexibility index (Phi) is 6.41. The number of hydrogen-bond acceptors (Lipinski definition) is 5. The van der Waals surface area contributed by atoms with Crippen LogP contribution in [0.1, 0.15) is 5.56 Å². The van der Waals surface area contributed by atoms with Crippen molar-refractivity contribution < 1.29 is 13.2 Å². The molecule has 27 heavy (non-hydrogen) atoms. The lowest BCUT2D eigenvalue weighted by atomic mass is 10.3. The highest BCUT2D eigenvalue weighted by Gasteiger charge is 2.20. The van der Waals surface area contributed by atoms with E-state index in [9.17, 15) is 8.42 Å². The summed E-state index contributed by atoms with van der Waals surface area (Å²) < 4.78 is 33.8. The quantitative estimate of drug-likeness (QED) is 0.501. The van der Waals surface area contributed by atoms with E-state index < -0.39 is 10.0 Å². The molecule has 1 aromatic heterocycles. The topological polar surface area (TPSA) is 68.3 Å².